The fourth-order valence-corrected chi connectivity index (χ4v) is 2.92. The van der Waals surface area contributed by atoms with Crippen LogP contribution in [0.1, 0.15) is 21.5 Å². The van der Waals surface area contributed by atoms with Crippen LogP contribution in [0, 0.1) is 0 Å². The second-order valence-corrected chi connectivity index (χ2v) is 5.66. The molecule has 0 fully saturated rings. The van der Waals surface area contributed by atoms with E-state index in [9.17, 15) is 9.59 Å². The molecular formula is C19H19NO4. The molecule has 0 unspecified atom stereocenters. The average molecular weight is 325 g/mol. The van der Waals surface area contributed by atoms with Gasteiger partial charge in [0.2, 0.25) is 5.91 Å². The van der Waals surface area contributed by atoms with Gasteiger partial charge in [-0.05, 0) is 47.9 Å². The first-order valence-corrected chi connectivity index (χ1v) is 7.77. The molecule has 0 aromatic heterocycles. The van der Waals surface area contributed by atoms with Crippen molar-refractivity contribution in [2.75, 3.05) is 25.7 Å². The number of rotatable bonds is 4. The molecule has 5 nitrogen and oxygen atoms in total. The highest BCUT2D eigenvalue weighted by Gasteiger charge is 2.25. The van der Waals surface area contributed by atoms with E-state index in [2.05, 4.69) is 0 Å². The summed E-state index contributed by atoms with van der Waals surface area (Å²) in [5.74, 6) is 0.457. The first-order chi connectivity index (χ1) is 11.6. The number of carbonyl (C=O) groups excluding carboxylic acids is 2. The Morgan fingerprint density at radius 1 is 1.08 bits per heavy atom. The lowest BCUT2D eigenvalue weighted by Crippen LogP contribution is -2.30. The van der Waals surface area contributed by atoms with Gasteiger partial charge in [-0.15, -0.1) is 0 Å². The molecule has 0 spiro atoms. The zero-order valence-electron chi connectivity index (χ0n) is 13.7. The van der Waals surface area contributed by atoms with Gasteiger partial charge in [-0.25, -0.2) is 4.79 Å². The van der Waals surface area contributed by atoms with E-state index >= 15 is 0 Å². The topological polar surface area (TPSA) is 55.8 Å². The average Bonchev–Trinajstić information content (AvgIpc) is 3.05. The van der Waals surface area contributed by atoms with Crippen LogP contribution in [0.3, 0.4) is 0 Å². The van der Waals surface area contributed by atoms with Crippen molar-refractivity contribution in [3.63, 3.8) is 0 Å². The standard InChI is InChI=1S/C19H19NO4/c1-23-16-6-3-13(4-7-16)11-18(21)20-10-9-14-12-15(19(22)24-2)5-8-17(14)20/h3-8,12H,9-11H2,1-2H3. The summed E-state index contributed by atoms with van der Waals surface area (Å²) in [4.78, 5) is 26.0. The molecule has 3 rings (SSSR count). The van der Waals surface area contributed by atoms with Crippen LogP contribution in [0.15, 0.2) is 42.5 Å². The second kappa shape index (κ2) is 6.74. The molecule has 1 aliphatic heterocycles. The van der Waals surface area contributed by atoms with E-state index in [1.807, 2.05) is 36.4 Å². The number of carbonyl (C=O) groups is 2. The first kappa shape index (κ1) is 16.1. The number of methoxy groups -OCH3 is 2. The van der Waals surface area contributed by atoms with Crippen LogP contribution in [0.2, 0.25) is 0 Å². The minimum absolute atomic E-state index is 0.0461. The summed E-state index contributed by atoms with van der Waals surface area (Å²) in [5.41, 5.74) is 3.34. The Labute approximate surface area is 140 Å². The van der Waals surface area contributed by atoms with Gasteiger partial charge in [0, 0.05) is 12.2 Å². The van der Waals surface area contributed by atoms with E-state index in [1.165, 1.54) is 7.11 Å². The number of hydrogen-bond acceptors (Lipinski definition) is 4. The smallest absolute Gasteiger partial charge is 0.337 e. The normalized spacial score (nSPS) is 12.7. The van der Waals surface area contributed by atoms with Crippen LogP contribution in [0.5, 0.6) is 5.75 Å². The SMILES string of the molecule is COC(=O)c1ccc2c(c1)CCN2C(=O)Cc1ccc(OC)cc1. The molecule has 0 radical (unpaired) electrons. The third-order valence-corrected chi connectivity index (χ3v) is 4.21. The summed E-state index contributed by atoms with van der Waals surface area (Å²) in [6.07, 6.45) is 1.08. The van der Waals surface area contributed by atoms with Gasteiger partial charge in [0.15, 0.2) is 0 Å². The van der Waals surface area contributed by atoms with Gasteiger partial charge in [-0.1, -0.05) is 12.1 Å². The van der Waals surface area contributed by atoms with Crippen molar-refractivity contribution in [1.82, 2.24) is 0 Å². The van der Waals surface area contributed by atoms with Gasteiger partial charge in [-0.3, -0.25) is 4.79 Å². The Kier molecular flexibility index (Phi) is 4.51. The van der Waals surface area contributed by atoms with Crippen LogP contribution in [-0.4, -0.2) is 32.6 Å². The Hall–Kier alpha value is -2.82. The number of anilines is 1. The fourth-order valence-electron chi connectivity index (χ4n) is 2.92. The number of ether oxygens (including phenoxy) is 2. The number of esters is 1. The van der Waals surface area contributed by atoms with Crippen LogP contribution in [0.25, 0.3) is 0 Å². The third kappa shape index (κ3) is 3.11. The Morgan fingerprint density at radius 3 is 2.50 bits per heavy atom. The molecule has 0 N–H and O–H groups in total. The largest absolute Gasteiger partial charge is 0.497 e. The molecule has 0 bridgehead atoms. The highest BCUT2D eigenvalue weighted by atomic mass is 16.5. The number of benzene rings is 2. The molecule has 1 aliphatic rings. The van der Waals surface area contributed by atoms with Crippen LogP contribution >= 0.6 is 0 Å². The highest BCUT2D eigenvalue weighted by molar-refractivity contribution is 5.98. The zero-order chi connectivity index (χ0) is 17.1. The predicted molar refractivity (Wildman–Crippen MR) is 90.5 cm³/mol. The number of amides is 1. The number of hydrogen-bond donors (Lipinski definition) is 0. The molecule has 0 saturated carbocycles. The maximum atomic E-state index is 12.6. The molecule has 1 amide bonds. The number of nitrogens with zero attached hydrogens (tertiary/aromatic N) is 1. The van der Waals surface area contributed by atoms with Crippen molar-refractivity contribution >= 4 is 17.6 Å². The summed E-state index contributed by atoms with van der Waals surface area (Å²) in [6.45, 7) is 0.634. The lowest BCUT2D eigenvalue weighted by Gasteiger charge is -2.17. The minimum atomic E-state index is -0.360. The first-order valence-electron chi connectivity index (χ1n) is 7.77. The third-order valence-electron chi connectivity index (χ3n) is 4.21. The van der Waals surface area contributed by atoms with E-state index in [1.54, 1.807) is 18.1 Å². The Balaban J connectivity index is 1.75. The molecule has 124 valence electrons. The quantitative estimate of drug-likeness (QED) is 0.811. The van der Waals surface area contributed by atoms with Gasteiger partial charge in [0.1, 0.15) is 5.75 Å². The molecule has 5 heteroatoms. The molecule has 2 aromatic rings. The van der Waals surface area contributed by atoms with Crippen molar-refractivity contribution in [3.8, 4) is 5.75 Å². The summed E-state index contributed by atoms with van der Waals surface area (Å²) >= 11 is 0. The van der Waals surface area contributed by atoms with E-state index in [0.717, 1.165) is 29.0 Å². The Bertz CT molecular complexity index is 767. The van der Waals surface area contributed by atoms with Crippen molar-refractivity contribution in [1.29, 1.82) is 0 Å². The van der Waals surface area contributed by atoms with Gasteiger partial charge >= 0.3 is 5.97 Å². The van der Waals surface area contributed by atoms with Crippen molar-refractivity contribution < 1.29 is 19.1 Å². The second-order valence-electron chi connectivity index (χ2n) is 5.66. The molecule has 1 heterocycles. The lowest BCUT2D eigenvalue weighted by molar-refractivity contribution is -0.117. The fraction of sp³-hybridized carbons (Fsp3) is 0.263. The summed E-state index contributed by atoms with van der Waals surface area (Å²) in [7, 11) is 2.98. The zero-order valence-corrected chi connectivity index (χ0v) is 13.7. The van der Waals surface area contributed by atoms with Crippen LogP contribution in [0.4, 0.5) is 5.69 Å². The van der Waals surface area contributed by atoms with Crippen molar-refractivity contribution in [3.05, 3.63) is 59.2 Å². The summed E-state index contributed by atoms with van der Waals surface area (Å²) in [6, 6.07) is 12.8. The summed E-state index contributed by atoms with van der Waals surface area (Å²) in [5, 5.41) is 0. The van der Waals surface area contributed by atoms with E-state index in [0.29, 0.717) is 18.5 Å². The van der Waals surface area contributed by atoms with Crippen LogP contribution in [-0.2, 0) is 22.4 Å². The van der Waals surface area contributed by atoms with Gasteiger partial charge in [0.05, 0.1) is 26.2 Å². The monoisotopic (exact) mass is 325 g/mol. The minimum Gasteiger partial charge on any atom is -0.497 e. The summed E-state index contributed by atoms with van der Waals surface area (Å²) < 4.78 is 9.87. The maximum Gasteiger partial charge on any atom is 0.337 e. The van der Waals surface area contributed by atoms with Gasteiger partial charge in [-0.2, -0.15) is 0 Å². The maximum absolute atomic E-state index is 12.6. The lowest BCUT2D eigenvalue weighted by atomic mass is 10.1. The number of fused-ring (bicyclic) bond motifs is 1. The van der Waals surface area contributed by atoms with Crippen LogP contribution < -0.4 is 9.64 Å². The van der Waals surface area contributed by atoms with E-state index < -0.39 is 0 Å². The molecule has 0 atom stereocenters. The van der Waals surface area contributed by atoms with Gasteiger partial charge < -0.3 is 14.4 Å². The van der Waals surface area contributed by atoms with Gasteiger partial charge in [0.25, 0.3) is 0 Å². The highest BCUT2D eigenvalue weighted by Crippen LogP contribution is 2.29. The van der Waals surface area contributed by atoms with Crippen molar-refractivity contribution in [2.24, 2.45) is 0 Å². The van der Waals surface area contributed by atoms with E-state index in [-0.39, 0.29) is 11.9 Å². The Morgan fingerprint density at radius 2 is 1.83 bits per heavy atom. The molecule has 0 saturated heterocycles. The molecule has 0 aliphatic carbocycles. The molecular weight excluding hydrogens is 306 g/mol. The molecule has 24 heavy (non-hydrogen) atoms. The molecule has 2 aromatic carbocycles. The predicted octanol–water partition coefficient (Wildman–Crippen LogP) is 2.61. The van der Waals surface area contributed by atoms with E-state index in [4.69, 9.17) is 9.47 Å². The van der Waals surface area contributed by atoms with Crippen molar-refractivity contribution in [2.45, 2.75) is 12.8 Å².